The third kappa shape index (κ3) is 4.01. The highest BCUT2D eigenvalue weighted by atomic mass is 16.2. The number of nitrogens with zero attached hydrogens (tertiary/aromatic N) is 2. The van der Waals surface area contributed by atoms with Crippen LogP contribution < -0.4 is 44.7 Å². The number of H-pyrrole nitrogens is 2. The molecule has 0 saturated carbocycles. The second kappa shape index (κ2) is 7.63. The summed E-state index contributed by atoms with van der Waals surface area (Å²) in [4.78, 5) is 60.0. The Morgan fingerprint density at radius 1 is 0.700 bits per heavy atom. The average molecular weight is 412 g/mol. The van der Waals surface area contributed by atoms with Crippen molar-refractivity contribution < 1.29 is 9.59 Å². The molecule has 2 amide bonds. The Hall–Kier alpha value is -4.88. The monoisotopic (exact) mass is 412 g/mol. The molecule has 154 valence electrons. The summed E-state index contributed by atoms with van der Waals surface area (Å²) in [6.07, 6.45) is 0. The van der Waals surface area contributed by atoms with Crippen LogP contribution in [0.5, 0.6) is 0 Å². The van der Waals surface area contributed by atoms with Gasteiger partial charge in [0.15, 0.2) is 11.4 Å². The van der Waals surface area contributed by atoms with E-state index in [0.29, 0.717) is 0 Å². The summed E-state index contributed by atoms with van der Waals surface area (Å²) in [6.45, 7) is 0. The number of carbonyl (C=O) groups excluding carboxylic acids is 2. The zero-order chi connectivity index (χ0) is 22.0. The second-order valence-electron chi connectivity index (χ2n) is 5.92. The first kappa shape index (κ1) is 19.9. The lowest BCUT2D eigenvalue weighted by Crippen LogP contribution is -2.24. The summed E-state index contributed by atoms with van der Waals surface area (Å²) in [5, 5.41) is 4.64. The Labute approximate surface area is 166 Å². The lowest BCUT2D eigenvalue weighted by atomic mass is 10.1. The highest BCUT2D eigenvalue weighted by Crippen LogP contribution is 2.14. The number of amides is 2. The van der Waals surface area contributed by atoms with Gasteiger partial charge < -0.3 is 43.5 Å². The highest BCUT2D eigenvalue weighted by Gasteiger charge is 2.16. The first-order valence-corrected chi connectivity index (χ1v) is 8.19. The average Bonchev–Trinajstić information content (AvgIpc) is 2.67. The highest BCUT2D eigenvalue weighted by molar-refractivity contribution is 6.08. The van der Waals surface area contributed by atoms with Crippen LogP contribution in [0, 0.1) is 0 Å². The minimum Gasteiger partial charge on any atom is -0.383 e. The van der Waals surface area contributed by atoms with Crippen LogP contribution in [0.25, 0.3) is 0 Å². The van der Waals surface area contributed by atoms with Crippen LogP contribution >= 0.6 is 0 Å². The van der Waals surface area contributed by atoms with Crippen molar-refractivity contribution in [1.29, 1.82) is 0 Å². The number of rotatable bonds is 4. The van der Waals surface area contributed by atoms with Crippen LogP contribution in [0.3, 0.4) is 0 Å². The van der Waals surface area contributed by atoms with Crippen LogP contribution in [-0.4, -0.2) is 31.8 Å². The molecule has 0 fully saturated rings. The van der Waals surface area contributed by atoms with E-state index in [0.717, 1.165) is 0 Å². The van der Waals surface area contributed by atoms with E-state index >= 15 is 0 Å². The van der Waals surface area contributed by atoms with Gasteiger partial charge in [-0.25, -0.2) is 0 Å². The summed E-state index contributed by atoms with van der Waals surface area (Å²) in [5.41, 5.74) is 20.1. The van der Waals surface area contributed by atoms with Gasteiger partial charge in [-0.3, -0.25) is 19.2 Å². The molecule has 2 aromatic heterocycles. The van der Waals surface area contributed by atoms with Gasteiger partial charge in [-0.05, 0) is 24.3 Å². The van der Waals surface area contributed by atoms with Gasteiger partial charge in [-0.2, -0.15) is 9.97 Å². The summed E-state index contributed by atoms with van der Waals surface area (Å²) in [6, 6.07) is 5.31. The predicted octanol–water partition coefficient (Wildman–Crippen LogP) is -1.31. The Morgan fingerprint density at radius 3 is 1.33 bits per heavy atom. The van der Waals surface area contributed by atoms with Crippen molar-refractivity contribution in [3.8, 4) is 0 Å². The van der Waals surface area contributed by atoms with Crippen molar-refractivity contribution in [2.75, 3.05) is 33.6 Å². The summed E-state index contributed by atoms with van der Waals surface area (Å²) in [7, 11) is 0. The Morgan fingerprint density at radius 2 is 1.03 bits per heavy atom. The Balaban J connectivity index is 1.76. The lowest BCUT2D eigenvalue weighted by Gasteiger charge is -2.09. The molecule has 1 aromatic carbocycles. The number of carbonyl (C=O) groups is 2. The number of nitrogen functional groups attached to an aromatic ring is 4. The topological polar surface area (TPSA) is 254 Å². The van der Waals surface area contributed by atoms with Gasteiger partial charge in [0.05, 0.1) is 0 Å². The summed E-state index contributed by atoms with van der Waals surface area (Å²) < 4.78 is 0. The third-order valence-electron chi connectivity index (χ3n) is 3.82. The van der Waals surface area contributed by atoms with E-state index in [4.69, 9.17) is 22.9 Å². The van der Waals surface area contributed by atoms with Crippen molar-refractivity contribution in [3.05, 3.63) is 56.1 Å². The molecule has 0 aliphatic carbocycles. The molecule has 30 heavy (non-hydrogen) atoms. The molecular weight excluding hydrogens is 396 g/mol. The summed E-state index contributed by atoms with van der Waals surface area (Å²) >= 11 is 0. The molecule has 0 unspecified atom stereocenters. The molecule has 3 rings (SSSR count). The quantitative estimate of drug-likeness (QED) is 0.251. The fraction of sp³-hybridized carbons (Fsp3) is 0. The van der Waals surface area contributed by atoms with Crippen molar-refractivity contribution in [1.82, 2.24) is 19.9 Å². The number of aromatic amines is 2. The maximum Gasteiger partial charge on any atom is 0.300 e. The number of hydrogen-bond donors (Lipinski definition) is 8. The molecule has 0 bridgehead atoms. The number of hydrogen-bond acceptors (Lipinski definition) is 10. The van der Waals surface area contributed by atoms with Crippen LogP contribution in [-0.2, 0) is 0 Å². The standard InChI is InChI=1S/C16H16N10O4/c17-9-7(13(29)25-15(19)23-9)21-11(27)5-1-2-6(4-3-5)12(28)22-8-10(18)24-16(20)26-14(8)30/h1-4H,(H,21,27)(H,22,28)(H5,17,19,23,25,29)(H5,18,20,24,26,30). The number of benzene rings is 1. The largest absolute Gasteiger partial charge is 0.383 e. The molecule has 0 aliphatic heterocycles. The molecule has 12 N–H and O–H groups in total. The van der Waals surface area contributed by atoms with Crippen molar-refractivity contribution >= 4 is 46.7 Å². The van der Waals surface area contributed by atoms with Gasteiger partial charge in [-0.1, -0.05) is 0 Å². The SMILES string of the molecule is Nc1nc(=O)c(NC(=O)c2ccc(C(=O)Nc3c(N)[nH]c(N)nc3=O)cc2)c(N)[nH]1. The summed E-state index contributed by atoms with van der Waals surface area (Å²) in [5.74, 6) is -2.04. The van der Waals surface area contributed by atoms with Gasteiger partial charge >= 0.3 is 0 Å². The van der Waals surface area contributed by atoms with E-state index in [1.807, 2.05) is 0 Å². The smallest absolute Gasteiger partial charge is 0.300 e. The molecule has 0 atom stereocenters. The third-order valence-corrected chi connectivity index (χ3v) is 3.82. The van der Waals surface area contributed by atoms with Gasteiger partial charge in [0, 0.05) is 11.1 Å². The van der Waals surface area contributed by atoms with E-state index in [1.165, 1.54) is 24.3 Å². The first-order valence-electron chi connectivity index (χ1n) is 8.19. The second-order valence-corrected chi connectivity index (χ2v) is 5.92. The first-order chi connectivity index (χ1) is 14.2. The van der Waals surface area contributed by atoms with Crippen molar-refractivity contribution in [3.63, 3.8) is 0 Å². The lowest BCUT2D eigenvalue weighted by molar-refractivity contribution is 0.101. The number of nitrogens with two attached hydrogens (primary N) is 4. The maximum absolute atomic E-state index is 12.3. The zero-order valence-corrected chi connectivity index (χ0v) is 15.1. The fourth-order valence-corrected chi connectivity index (χ4v) is 2.40. The maximum atomic E-state index is 12.3. The van der Waals surface area contributed by atoms with E-state index in [1.54, 1.807) is 0 Å². The van der Waals surface area contributed by atoms with Gasteiger partial charge in [0.2, 0.25) is 11.9 Å². The Bertz CT molecular complexity index is 1160. The van der Waals surface area contributed by atoms with Crippen LogP contribution in [0.2, 0.25) is 0 Å². The number of aromatic nitrogens is 4. The van der Waals surface area contributed by atoms with Crippen LogP contribution in [0.4, 0.5) is 34.9 Å². The molecule has 2 heterocycles. The normalized spacial score (nSPS) is 10.4. The minimum atomic E-state index is -0.812. The Kier molecular flexibility index (Phi) is 5.05. The molecule has 14 heteroatoms. The fourth-order valence-electron chi connectivity index (χ4n) is 2.40. The number of anilines is 6. The van der Waals surface area contributed by atoms with Gasteiger partial charge in [-0.15, -0.1) is 0 Å². The van der Waals surface area contributed by atoms with Crippen LogP contribution in [0.15, 0.2) is 33.9 Å². The van der Waals surface area contributed by atoms with Crippen molar-refractivity contribution in [2.24, 2.45) is 0 Å². The van der Waals surface area contributed by atoms with Crippen LogP contribution in [0.1, 0.15) is 20.7 Å². The molecular formula is C16H16N10O4. The van der Waals surface area contributed by atoms with Gasteiger partial charge in [0.1, 0.15) is 11.6 Å². The number of nitrogens with one attached hydrogen (secondary N) is 4. The van der Waals surface area contributed by atoms with E-state index in [2.05, 4.69) is 30.6 Å². The molecule has 3 aromatic rings. The molecule has 0 aliphatic rings. The molecule has 0 spiro atoms. The van der Waals surface area contributed by atoms with E-state index < -0.39 is 22.9 Å². The zero-order valence-electron chi connectivity index (χ0n) is 15.1. The van der Waals surface area contributed by atoms with E-state index in [-0.39, 0.29) is 46.0 Å². The van der Waals surface area contributed by atoms with E-state index in [9.17, 15) is 19.2 Å². The molecule has 14 nitrogen and oxygen atoms in total. The predicted molar refractivity (Wildman–Crippen MR) is 110 cm³/mol. The minimum absolute atomic E-state index is 0.119. The molecule has 0 radical (unpaired) electrons. The van der Waals surface area contributed by atoms with Gasteiger partial charge in [0.25, 0.3) is 22.9 Å². The van der Waals surface area contributed by atoms with Crippen molar-refractivity contribution in [2.45, 2.75) is 0 Å². The molecule has 0 saturated heterocycles.